The lowest BCUT2D eigenvalue weighted by Gasteiger charge is -2.11. The summed E-state index contributed by atoms with van der Waals surface area (Å²) in [5.41, 5.74) is 0.725. The van der Waals surface area contributed by atoms with Crippen LogP contribution in [-0.4, -0.2) is 24.2 Å². The van der Waals surface area contributed by atoms with E-state index in [9.17, 15) is 18.7 Å². The third-order valence-electron chi connectivity index (χ3n) is 2.65. The Morgan fingerprint density at radius 1 is 1.47 bits per heavy atom. The molecule has 0 aliphatic carbocycles. The molecule has 1 atom stereocenters. The van der Waals surface area contributed by atoms with E-state index >= 15 is 0 Å². The van der Waals surface area contributed by atoms with E-state index in [-0.39, 0.29) is 23.3 Å². The summed E-state index contributed by atoms with van der Waals surface area (Å²) in [5.74, 6) is -0.695. The maximum Gasteiger partial charge on any atom is 0.387 e. The van der Waals surface area contributed by atoms with Crippen molar-refractivity contribution in [2.75, 3.05) is 6.54 Å². The number of amides is 1. The van der Waals surface area contributed by atoms with Gasteiger partial charge < -0.3 is 15.2 Å². The topological polar surface area (TPSA) is 58.6 Å². The predicted molar refractivity (Wildman–Crippen MR) is 55.1 cm³/mol. The summed E-state index contributed by atoms with van der Waals surface area (Å²) in [6, 6.07) is 4.20. The normalized spacial score (nSPS) is 19.5. The molecule has 1 heterocycles. The highest BCUT2D eigenvalue weighted by Gasteiger charge is 2.23. The fraction of sp³-hybridized carbons (Fsp3) is 0.364. The zero-order valence-corrected chi connectivity index (χ0v) is 8.82. The maximum atomic E-state index is 12.0. The van der Waals surface area contributed by atoms with Crippen LogP contribution in [0.15, 0.2) is 18.2 Å². The summed E-state index contributed by atoms with van der Waals surface area (Å²) in [6.45, 7) is -2.48. The molecule has 92 valence electrons. The molecule has 1 aromatic rings. The van der Waals surface area contributed by atoms with Gasteiger partial charge in [0.15, 0.2) is 11.5 Å². The van der Waals surface area contributed by atoms with E-state index in [0.29, 0.717) is 13.0 Å². The van der Waals surface area contributed by atoms with Gasteiger partial charge in [-0.2, -0.15) is 8.78 Å². The second-order valence-corrected chi connectivity index (χ2v) is 3.81. The number of nitrogens with one attached hydrogen (secondary N) is 1. The van der Waals surface area contributed by atoms with Crippen LogP contribution in [0.1, 0.15) is 17.9 Å². The Hall–Kier alpha value is -1.85. The molecule has 0 radical (unpaired) electrons. The smallest absolute Gasteiger partial charge is 0.387 e. The Labute approximate surface area is 96.2 Å². The molecule has 1 aliphatic heterocycles. The lowest BCUT2D eigenvalue weighted by molar-refractivity contribution is -0.119. The summed E-state index contributed by atoms with van der Waals surface area (Å²) in [6.07, 6.45) is 0.342. The van der Waals surface area contributed by atoms with E-state index in [1.54, 1.807) is 6.07 Å². The average Bonchev–Trinajstić information content (AvgIpc) is 2.67. The van der Waals surface area contributed by atoms with Gasteiger partial charge in [-0.3, -0.25) is 4.79 Å². The van der Waals surface area contributed by atoms with Crippen LogP contribution in [0.3, 0.4) is 0 Å². The van der Waals surface area contributed by atoms with Crippen LogP contribution in [0.25, 0.3) is 0 Å². The van der Waals surface area contributed by atoms with Gasteiger partial charge in [-0.15, -0.1) is 0 Å². The second kappa shape index (κ2) is 4.57. The fourth-order valence-electron chi connectivity index (χ4n) is 1.82. The van der Waals surface area contributed by atoms with Gasteiger partial charge in [0.05, 0.1) is 0 Å². The summed E-state index contributed by atoms with van der Waals surface area (Å²) in [4.78, 5) is 11.0. The number of benzene rings is 1. The van der Waals surface area contributed by atoms with Gasteiger partial charge in [-0.1, -0.05) is 6.07 Å². The maximum absolute atomic E-state index is 12.0. The first-order valence-corrected chi connectivity index (χ1v) is 5.10. The van der Waals surface area contributed by atoms with Crippen LogP contribution in [0.4, 0.5) is 8.78 Å². The van der Waals surface area contributed by atoms with Crippen molar-refractivity contribution in [1.29, 1.82) is 0 Å². The number of carbonyl (C=O) groups excluding carboxylic acids is 1. The molecule has 4 nitrogen and oxygen atoms in total. The van der Waals surface area contributed by atoms with E-state index in [0.717, 1.165) is 5.56 Å². The minimum atomic E-state index is -2.97. The van der Waals surface area contributed by atoms with Gasteiger partial charge in [-0.25, -0.2) is 0 Å². The summed E-state index contributed by atoms with van der Waals surface area (Å²) >= 11 is 0. The van der Waals surface area contributed by atoms with Crippen molar-refractivity contribution in [3.8, 4) is 11.5 Å². The number of aromatic hydroxyl groups is 1. The predicted octanol–water partition coefficient (Wildman–Crippen LogP) is 1.60. The van der Waals surface area contributed by atoms with Gasteiger partial charge in [0.2, 0.25) is 5.91 Å². The van der Waals surface area contributed by atoms with Crippen LogP contribution in [0, 0.1) is 0 Å². The van der Waals surface area contributed by atoms with Crippen molar-refractivity contribution in [2.45, 2.75) is 19.0 Å². The number of halogens is 2. The molecular formula is C11H11F2NO3. The number of alkyl halides is 2. The lowest BCUT2D eigenvalue weighted by Crippen LogP contribution is -2.13. The number of phenolic OH excluding ortho intramolecular Hbond substituents is 1. The van der Waals surface area contributed by atoms with Gasteiger partial charge in [-0.05, 0) is 17.7 Å². The minimum Gasteiger partial charge on any atom is -0.504 e. The molecule has 0 aromatic heterocycles. The van der Waals surface area contributed by atoms with Crippen LogP contribution in [-0.2, 0) is 4.79 Å². The van der Waals surface area contributed by atoms with Crippen molar-refractivity contribution in [1.82, 2.24) is 5.32 Å². The van der Waals surface area contributed by atoms with Crippen molar-refractivity contribution < 1.29 is 23.4 Å². The second-order valence-electron chi connectivity index (χ2n) is 3.81. The molecule has 1 aromatic carbocycles. The summed E-state index contributed by atoms with van der Waals surface area (Å²) in [5, 5.41) is 12.2. The van der Waals surface area contributed by atoms with Crippen molar-refractivity contribution >= 4 is 5.91 Å². The molecule has 1 unspecified atom stereocenters. The first-order valence-electron chi connectivity index (χ1n) is 5.10. The van der Waals surface area contributed by atoms with Gasteiger partial charge in [0, 0.05) is 18.9 Å². The van der Waals surface area contributed by atoms with Crippen LogP contribution < -0.4 is 10.1 Å². The summed E-state index contributed by atoms with van der Waals surface area (Å²) < 4.78 is 28.0. The SMILES string of the molecule is O=C1CC(c2ccc(OC(F)F)c(O)c2)CN1. The molecule has 1 aliphatic rings. The standard InChI is InChI=1S/C11H11F2NO3/c12-11(13)17-9-2-1-6(3-8(9)15)7-4-10(16)14-5-7/h1-3,7,11,15H,4-5H2,(H,14,16). The Kier molecular flexibility index (Phi) is 3.12. The van der Waals surface area contributed by atoms with E-state index in [2.05, 4.69) is 10.1 Å². The zero-order chi connectivity index (χ0) is 12.4. The first kappa shape index (κ1) is 11.6. The molecule has 0 bridgehead atoms. The highest BCUT2D eigenvalue weighted by molar-refractivity contribution is 5.79. The molecule has 1 fully saturated rings. The Morgan fingerprint density at radius 3 is 2.76 bits per heavy atom. The summed E-state index contributed by atoms with van der Waals surface area (Å²) in [7, 11) is 0. The van der Waals surface area contributed by atoms with Crippen LogP contribution >= 0.6 is 0 Å². The molecule has 0 spiro atoms. The highest BCUT2D eigenvalue weighted by Crippen LogP contribution is 2.32. The molecule has 6 heteroatoms. The molecule has 2 N–H and O–H groups in total. The van der Waals surface area contributed by atoms with Crippen LogP contribution in [0.5, 0.6) is 11.5 Å². The van der Waals surface area contributed by atoms with E-state index in [1.807, 2.05) is 0 Å². The van der Waals surface area contributed by atoms with Gasteiger partial charge in [0.1, 0.15) is 0 Å². The number of phenols is 1. The lowest BCUT2D eigenvalue weighted by atomic mass is 9.98. The van der Waals surface area contributed by atoms with Crippen molar-refractivity contribution in [2.24, 2.45) is 0 Å². The van der Waals surface area contributed by atoms with Crippen molar-refractivity contribution in [3.05, 3.63) is 23.8 Å². The molecule has 2 rings (SSSR count). The largest absolute Gasteiger partial charge is 0.504 e. The number of rotatable bonds is 3. The molecular weight excluding hydrogens is 232 g/mol. The third-order valence-corrected chi connectivity index (χ3v) is 2.65. The van der Waals surface area contributed by atoms with Gasteiger partial charge >= 0.3 is 6.61 Å². The van der Waals surface area contributed by atoms with E-state index in [4.69, 9.17) is 0 Å². The Bertz CT molecular complexity index is 437. The van der Waals surface area contributed by atoms with E-state index in [1.165, 1.54) is 12.1 Å². The quantitative estimate of drug-likeness (QED) is 0.847. The monoisotopic (exact) mass is 243 g/mol. The highest BCUT2D eigenvalue weighted by atomic mass is 19.3. The van der Waals surface area contributed by atoms with Crippen molar-refractivity contribution in [3.63, 3.8) is 0 Å². The number of hydrogen-bond acceptors (Lipinski definition) is 3. The average molecular weight is 243 g/mol. The molecule has 17 heavy (non-hydrogen) atoms. The number of ether oxygens (including phenoxy) is 1. The molecule has 1 saturated heterocycles. The fourth-order valence-corrected chi connectivity index (χ4v) is 1.82. The Balaban J connectivity index is 2.16. The first-order chi connectivity index (χ1) is 8.06. The molecule has 1 amide bonds. The number of hydrogen-bond donors (Lipinski definition) is 2. The Morgan fingerprint density at radius 2 is 2.24 bits per heavy atom. The minimum absolute atomic E-state index is 0.0333. The van der Waals surface area contributed by atoms with Gasteiger partial charge in [0.25, 0.3) is 0 Å². The third kappa shape index (κ3) is 2.64. The van der Waals surface area contributed by atoms with E-state index < -0.39 is 6.61 Å². The molecule has 0 saturated carbocycles. The number of carbonyl (C=O) groups is 1. The zero-order valence-electron chi connectivity index (χ0n) is 8.82. The van der Waals surface area contributed by atoms with Crippen LogP contribution in [0.2, 0.25) is 0 Å².